The number of hydrogen-bond donors (Lipinski definition) is 0. The van der Waals surface area contributed by atoms with E-state index in [-0.39, 0.29) is 5.41 Å². The topological polar surface area (TPSA) is 9.23 Å². The average Bonchev–Trinajstić information content (AvgIpc) is 3.19. The molecular formula is C34H35BrOSi. The van der Waals surface area contributed by atoms with Crippen LogP contribution in [0, 0.1) is 0 Å². The van der Waals surface area contributed by atoms with Crippen LogP contribution in [0.25, 0.3) is 17.2 Å². The maximum atomic E-state index is 6.11. The normalized spacial score (nSPS) is 16.2. The Hall–Kier alpha value is -2.88. The molecule has 0 aromatic heterocycles. The number of halogens is 1. The lowest BCUT2D eigenvalue weighted by atomic mass is 9.69. The van der Waals surface area contributed by atoms with E-state index >= 15 is 0 Å². The fourth-order valence-corrected chi connectivity index (χ4v) is 8.29. The first kappa shape index (κ1) is 25.8. The molecule has 5 rings (SSSR count). The second-order valence-corrected chi connectivity index (χ2v) is 17.1. The van der Waals surface area contributed by atoms with Crippen molar-refractivity contribution in [3.8, 4) is 16.9 Å². The quantitative estimate of drug-likeness (QED) is 0.173. The Labute approximate surface area is 231 Å². The minimum Gasteiger partial charge on any atom is -0.494 e. The van der Waals surface area contributed by atoms with Gasteiger partial charge in [0.25, 0.3) is 0 Å². The summed E-state index contributed by atoms with van der Waals surface area (Å²) in [6.45, 7) is 9.64. The Morgan fingerprint density at radius 1 is 0.811 bits per heavy atom. The molecule has 0 saturated heterocycles. The minimum atomic E-state index is -1.43. The molecule has 0 aliphatic heterocycles. The van der Waals surface area contributed by atoms with Crippen LogP contribution in [-0.4, -0.2) is 14.7 Å². The number of hydrogen-bond acceptors (Lipinski definition) is 1. The molecule has 1 aliphatic carbocycles. The second kappa shape index (κ2) is 10.8. The van der Waals surface area contributed by atoms with Crippen molar-refractivity contribution in [2.45, 2.75) is 43.4 Å². The zero-order valence-corrected chi connectivity index (χ0v) is 24.4. The smallest absolute Gasteiger partial charge is 0.119 e. The van der Waals surface area contributed by atoms with Gasteiger partial charge in [0, 0.05) is 9.89 Å². The van der Waals surface area contributed by atoms with E-state index < -0.39 is 8.07 Å². The van der Waals surface area contributed by atoms with E-state index in [4.69, 9.17) is 4.74 Å². The summed E-state index contributed by atoms with van der Waals surface area (Å²) >= 11 is 3.78. The molecule has 0 bridgehead atoms. The van der Waals surface area contributed by atoms with Gasteiger partial charge in [-0.05, 0) is 70.1 Å². The fourth-order valence-electron chi connectivity index (χ4n) is 5.89. The Morgan fingerprint density at radius 3 is 2.27 bits per heavy atom. The predicted molar refractivity (Wildman–Crippen MR) is 164 cm³/mol. The van der Waals surface area contributed by atoms with Crippen LogP contribution < -0.4 is 4.74 Å². The van der Waals surface area contributed by atoms with E-state index in [1.807, 2.05) is 18.2 Å². The predicted octanol–water partition coefficient (Wildman–Crippen LogP) is 9.97. The SMILES string of the molecule is C=Cc1ccc(OCC[Si](C)(C)CCCC2(c3ccccc3)c3ccccc3-c3ccc(Br)cc32)cc1. The standard InChI is InChI=1S/C34H35BrOSi/c1-4-26-15-18-29(19-16-26)36-22-24-37(2,3)23-10-21-34(27-11-6-5-7-12-27)32-14-9-8-13-30(32)31-20-17-28(35)25-33(31)34/h4-9,11-20,25H,1,10,21-24H2,2-3H3. The molecule has 0 heterocycles. The highest BCUT2D eigenvalue weighted by atomic mass is 79.9. The van der Waals surface area contributed by atoms with E-state index in [0.29, 0.717) is 0 Å². The van der Waals surface area contributed by atoms with Gasteiger partial charge in [-0.2, -0.15) is 0 Å². The molecule has 37 heavy (non-hydrogen) atoms. The highest BCUT2D eigenvalue weighted by Gasteiger charge is 2.44. The van der Waals surface area contributed by atoms with Gasteiger partial charge < -0.3 is 4.74 Å². The van der Waals surface area contributed by atoms with Gasteiger partial charge in [0.1, 0.15) is 5.75 Å². The van der Waals surface area contributed by atoms with Crippen LogP contribution in [-0.2, 0) is 5.41 Å². The monoisotopic (exact) mass is 566 g/mol. The maximum Gasteiger partial charge on any atom is 0.119 e. The molecule has 0 saturated carbocycles. The summed E-state index contributed by atoms with van der Waals surface area (Å²) in [5.41, 5.74) is 8.02. The van der Waals surface area contributed by atoms with E-state index in [0.717, 1.165) is 34.9 Å². The molecule has 188 valence electrons. The van der Waals surface area contributed by atoms with Crippen molar-refractivity contribution >= 4 is 30.1 Å². The maximum absolute atomic E-state index is 6.11. The zero-order chi connectivity index (χ0) is 25.9. The molecule has 1 aliphatic rings. The van der Waals surface area contributed by atoms with Crippen molar-refractivity contribution in [3.05, 3.63) is 130 Å². The van der Waals surface area contributed by atoms with Crippen molar-refractivity contribution in [3.63, 3.8) is 0 Å². The molecule has 1 atom stereocenters. The van der Waals surface area contributed by atoms with Crippen LogP contribution in [0.5, 0.6) is 5.75 Å². The van der Waals surface area contributed by atoms with E-state index in [1.54, 1.807) is 0 Å². The Bertz CT molecular complexity index is 1380. The van der Waals surface area contributed by atoms with Gasteiger partial charge in [-0.3, -0.25) is 0 Å². The van der Waals surface area contributed by atoms with Crippen LogP contribution >= 0.6 is 15.9 Å². The van der Waals surface area contributed by atoms with Crippen molar-refractivity contribution in [2.24, 2.45) is 0 Å². The van der Waals surface area contributed by atoms with Crippen LogP contribution in [0.4, 0.5) is 0 Å². The van der Waals surface area contributed by atoms with Crippen LogP contribution in [0.2, 0.25) is 25.2 Å². The van der Waals surface area contributed by atoms with Crippen LogP contribution in [0.3, 0.4) is 0 Å². The van der Waals surface area contributed by atoms with Gasteiger partial charge in [0.05, 0.1) is 14.7 Å². The summed E-state index contributed by atoms with van der Waals surface area (Å²) < 4.78 is 7.26. The third-order valence-corrected chi connectivity index (χ3v) is 11.7. The van der Waals surface area contributed by atoms with E-state index in [1.165, 1.54) is 40.3 Å². The summed E-state index contributed by atoms with van der Waals surface area (Å²) in [7, 11) is -1.43. The number of benzene rings is 4. The van der Waals surface area contributed by atoms with Gasteiger partial charge in [0.15, 0.2) is 0 Å². The summed E-state index contributed by atoms with van der Waals surface area (Å²) in [5.74, 6) is 0.947. The van der Waals surface area contributed by atoms with Crippen molar-refractivity contribution < 1.29 is 4.74 Å². The Balaban J connectivity index is 1.36. The van der Waals surface area contributed by atoms with E-state index in [9.17, 15) is 0 Å². The third-order valence-electron chi connectivity index (χ3n) is 7.95. The summed E-state index contributed by atoms with van der Waals surface area (Å²) in [6, 6.07) is 37.6. The highest BCUT2D eigenvalue weighted by Crippen LogP contribution is 2.55. The molecule has 4 aromatic rings. The Morgan fingerprint density at radius 2 is 1.51 bits per heavy atom. The molecular weight excluding hydrogens is 532 g/mol. The summed E-state index contributed by atoms with van der Waals surface area (Å²) in [4.78, 5) is 0. The molecule has 0 spiro atoms. The summed E-state index contributed by atoms with van der Waals surface area (Å²) in [6.07, 6.45) is 4.17. The molecule has 0 N–H and O–H groups in total. The average molecular weight is 568 g/mol. The van der Waals surface area contributed by atoms with E-state index in [2.05, 4.69) is 121 Å². The second-order valence-electron chi connectivity index (χ2n) is 10.9. The van der Waals surface area contributed by atoms with Crippen LogP contribution in [0.1, 0.15) is 35.1 Å². The van der Waals surface area contributed by atoms with Crippen LogP contribution in [0.15, 0.2) is 108 Å². The summed E-state index contributed by atoms with van der Waals surface area (Å²) in [5, 5.41) is 0. The minimum absolute atomic E-state index is 0.120. The largest absolute Gasteiger partial charge is 0.494 e. The molecule has 4 aromatic carbocycles. The van der Waals surface area contributed by atoms with Gasteiger partial charge in [-0.15, -0.1) is 0 Å². The zero-order valence-electron chi connectivity index (χ0n) is 21.8. The lowest BCUT2D eigenvalue weighted by Crippen LogP contribution is -2.31. The first-order chi connectivity index (χ1) is 17.9. The first-order valence-corrected chi connectivity index (χ1v) is 17.4. The molecule has 3 heteroatoms. The number of rotatable bonds is 10. The van der Waals surface area contributed by atoms with Crippen molar-refractivity contribution in [1.82, 2.24) is 0 Å². The fraction of sp³-hybridized carbons (Fsp3) is 0.235. The number of ether oxygens (including phenoxy) is 1. The van der Waals surface area contributed by atoms with Gasteiger partial charge >= 0.3 is 0 Å². The van der Waals surface area contributed by atoms with Gasteiger partial charge in [-0.25, -0.2) is 0 Å². The van der Waals surface area contributed by atoms with Crippen molar-refractivity contribution in [2.75, 3.05) is 6.61 Å². The first-order valence-electron chi connectivity index (χ1n) is 13.2. The highest BCUT2D eigenvalue weighted by molar-refractivity contribution is 9.10. The molecule has 0 fully saturated rings. The molecule has 1 unspecified atom stereocenters. The van der Waals surface area contributed by atoms with Gasteiger partial charge in [-0.1, -0.05) is 127 Å². The molecule has 0 radical (unpaired) electrons. The lowest BCUT2D eigenvalue weighted by Gasteiger charge is -2.34. The van der Waals surface area contributed by atoms with Gasteiger partial charge in [0.2, 0.25) is 0 Å². The third kappa shape index (κ3) is 5.25. The Kier molecular flexibility index (Phi) is 7.55. The molecule has 1 nitrogen and oxygen atoms in total. The van der Waals surface area contributed by atoms with Crippen molar-refractivity contribution in [1.29, 1.82) is 0 Å². The lowest BCUT2D eigenvalue weighted by molar-refractivity contribution is 0.338. The number of fused-ring (bicyclic) bond motifs is 3. The molecule has 0 amide bonds.